The lowest BCUT2D eigenvalue weighted by Crippen LogP contribution is -2.38. The summed E-state index contributed by atoms with van der Waals surface area (Å²) in [5.74, 6) is 1.59. The molecular weight excluding hydrogens is 330 g/mol. The summed E-state index contributed by atoms with van der Waals surface area (Å²) < 4.78 is 6.71. The fourth-order valence-corrected chi connectivity index (χ4v) is 2.71. The quantitative estimate of drug-likeness (QED) is 0.558. The second-order valence-electron chi connectivity index (χ2n) is 6.11. The number of aromatic nitrogens is 4. The number of aryl methyl sites for hydroxylation is 2. The number of hydrogen-bond acceptors (Lipinski definition) is 5. The molecule has 136 valence electrons. The summed E-state index contributed by atoms with van der Waals surface area (Å²) in [6.45, 7) is 5.24. The normalized spacial score (nSPS) is 11.6. The molecule has 0 fully saturated rings. The highest BCUT2D eigenvalue weighted by atomic mass is 16.5. The van der Waals surface area contributed by atoms with Crippen molar-refractivity contribution in [1.82, 2.24) is 30.1 Å². The number of hydrogen-bond donors (Lipinski definition) is 1. The smallest absolute Gasteiger partial charge is 0.194 e. The van der Waals surface area contributed by atoms with Crippen molar-refractivity contribution in [3.8, 4) is 5.82 Å². The van der Waals surface area contributed by atoms with E-state index in [1.165, 1.54) is 0 Å². The predicted octanol–water partition coefficient (Wildman–Crippen LogP) is 2.08. The number of rotatable bonds is 5. The molecule has 3 heterocycles. The SMILES string of the molecule is CN=C(NCc1ccc(-n2nc(C)cc2C)nc1)N(C)Cc1ccon1. The summed E-state index contributed by atoms with van der Waals surface area (Å²) in [4.78, 5) is 10.8. The van der Waals surface area contributed by atoms with Crippen LogP contribution >= 0.6 is 0 Å². The minimum absolute atomic E-state index is 0.616. The third-order valence-corrected chi connectivity index (χ3v) is 3.95. The molecule has 0 atom stereocenters. The van der Waals surface area contributed by atoms with Crippen LogP contribution < -0.4 is 5.32 Å². The van der Waals surface area contributed by atoms with E-state index in [9.17, 15) is 0 Å². The van der Waals surface area contributed by atoms with Gasteiger partial charge in [0, 0.05) is 38.6 Å². The molecule has 0 aromatic carbocycles. The second kappa shape index (κ2) is 7.81. The van der Waals surface area contributed by atoms with Gasteiger partial charge in [0.25, 0.3) is 0 Å². The van der Waals surface area contributed by atoms with Gasteiger partial charge in [0.1, 0.15) is 12.0 Å². The van der Waals surface area contributed by atoms with Gasteiger partial charge in [-0.2, -0.15) is 5.10 Å². The second-order valence-corrected chi connectivity index (χ2v) is 6.11. The number of pyridine rings is 1. The largest absolute Gasteiger partial charge is 0.364 e. The van der Waals surface area contributed by atoms with Crippen molar-refractivity contribution in [2.24, 2.45) is 4.99 Å². The van der Waals surface area contributed by atoms with E-state index in [-0.39, 0.29) is 0 Å². The summed E-state index contributed by atoms with van der Waals surface area (Å²) in [7, 11) is 3.71. The molecule has 3 rings (SSSR count). The molecule has 3 aromatic heterocycles. The van der Waals surface area contributed by atoms with Crippen LogP contribution in [0.3, 0.4) is 0 Å². The summed E-state index contributed by atoms with van der Waals surface area (Å²) >= 11 is 0. The Morgan fingerprint density at radius 2 is 2.15 bits per heavy atom. The standard InChI is InChI=1S/C18H23N7O/c1-13-9-14(2)25(22-13)17-6-5-15(10-20-17)11-21-18(19-3)24(4)12-16-7-8-26-23-16/h5-10H,11-12H2,1-4H3,(H,19,21). The lowest BCUT2D eigenvalue weighted by atomic mass is 10.3. The van der Waals surface area contributed by atoms with Crippen molar-refractivity contribution in [2.75, 3.05) is 14.1 Å². The van der Waals surface area contributed by atoms with Crippen LogP contribution in [0.25, 0.3) is 5.82 Å². The predicted molar refractivity (Wildman–Crippen MR) is 99.0 cm³/mol. The van der Waals surface area contributed by atoms with Gasteiger partial charge in [-0.05, 0) is 31.5 Å². The van der Waals surface area contributed by atoms with Crippen LogP contribution in [-0.2, 0) is 13.1 Å². The van der Waals surface area contributed by atoms with E-state index in [1.54, 1.807) is 13.3 Å². The van der Waals surface area contributed by atoms with Gasteiger partial charge in [0.15, 0.2) is 11.8 Å². The van der Waals surface area contributed by atoms with Crippen molar-refractivity contribution in [1.29, 1.82) is 0 Å². The maximum atomic E-state index is 4.86. The number of nitrogens with zero attached hydrogens (tertiary/aromatic N) is 6. The topological polar surface area (TPSA) is 84.4 Å². The molecule has 3 aromatic rings. The minimum atomic E-state index is 0.616. The molecule has 0 saturated carbocycles. The highest BCUT2D eigenvalue weighted by molar-refractivity contribution is 5.79. The van der Waals surface area contributed by atoms with Crippen molar-refractivity contribution in [3.63, 3.8) is 0 Å². The van der Waals surface area contributed by atoms with Crippen LogP contribution in [0.1, 0.15) is 22.6 Å². The molecule has 8 nitrogen and oxygen atoms in total. The zero-order valence-corrected chi connectivity index (χ0v) is 15.5. The highest BCUT2D eigenvalue weighted by Crippen LogP contribution is 2.10. The molecule has 0 spiro atoms. The first kappa shape index (κ1) is 17.7. The van der Waals surface area contributed by atoms with Crippen LogP contribution in [-0.4, -0.2) is 44.9 Å². The Morgan fingerprint density at radius 1 is 1.31 bits per heavy atom. The Morgan fingerprint density at radius 3 is 2.73 bits per heavy atom. The van der Waals surface area contributed by atoms with Crippen LogP contribution in [0.15, 0.2) is 46.2 Å². The third-order valence-electron chi connectivity index (χ3n) is 3.95. The van der Waals surface area contributed by atoms with E-state index in [0.29, 0.717) is 13.1 Å². The molecule has 0 amide bonds. The van der Waals surface area contributed by atoms with Crippen molar-refractivity contribution < 1.29 is 4.52 Å². The first-order valence-corrected chi connectivity index (χ1v) is 8.36. The van der Waals surface area contributed by atoms with Crippen LogP contribution in [0, 0.1) is 13.8 Å². The molecule has 0 bridgehead atoms. The minimum Gasteiger partial charge on any atom is -0.364 e. The average molecular weight is 353 g/mol. The Kier molecular flexibility index (Phi) is 5.31. The van der Waals surface area contributed by atoms with Gasteiger partial charge in [-0.3, -0.25) is 4.99 Å². The van der Waals surface area contributed by atoms with Gasteiger partial charge in [0.05, 0.1) is 12.2 Å². The van der Waals surface area contributed by atoms with Crippen LogP contribution in [0.4, 0.5) is 0 Å². The first-order valence-electron chi connectivity index (χ1n) is 8.36. The van der Waals surface area contributed by atoms with Crippen LogP contribution in [0.2, 0.25) is 0 Å². The van der Waals surface area contributed by atoms with Crippen molar-refractivity contribution >= 4 is 5.96 Å². The fourth-order valence-electron chi connectivity index (χ4n) is 2.71. The van der Waals surface area contributed by atoms with Gasteiger partial charge < -0.3 is 14.7 Å². The van der Waals surface area contributed by atoms with E-state index < -0.39 is 0 Å². The molecule has 26 heavy (non-hydrogen) atoms. The van der Waals surface area contributed by atoms with Gasteiger partial charge in [-0.15, -0.1) is 0 Å². The molecular formula is C18H23N7O. The molecule has 0 aliphatic rings. The Bertz CT molecular complexity index is 866. The molecule has 1 N–H and O–H groups in total. The number of aliphatic imine (C=N–C) groups is 1. The molecule has 0 aliphatic carbocycles. The van der Waals surface area contributed by atoms with Crippen LogP contribution in [0.5, 0.6) is 0 Å². The molecule has 0 aliphatic heterocycles. The lowest BCUT2D eigenvalue weighted by molar-refractivity contribution is 0.391. The first-order chi connectivity index (χ1) is 12.6. The molecule has 0 radical (unpaired) electrons. The van der Waals surface area contributed by atoms with Gasteiger partial charge >= 0.3 is 0 Å². The molecule has 8 heteroatoms. The van der Waals surface area contributed by atoms with E-state index in [2.05, 4.69) is 25.5 Å². The summed E-state index contributed by atoms with van der Waals surface area (Å²) in [6, 6.07) is 7.88. The van der Waals surface area contributed by atoms with Gasteiger partial charge in [-0.25, -0.2) is 9.67 Å². The number of nitrogens with one attached hydrogen (secondary N) is 1. The van der Waals surface area contributed by atoms with E-state index >= 15 is 0 Å². The number of guanidine groups is 1. The van der Waals surface area contributed by atoms with Gasteiger partial charge in [-0.1, -0.05) is 11.2 Å². The lowest BCUT2D eigenvalue weighted by Gasteiger charge is -2.21. The van der Waals surface area contributed by atoms with E-state index in [4.69, 9.17) is 4.52 Å². The van der Waals surface area contributed by atoms with E-state index in [1.807, 2.05) is 60.9 Å². The Hall–Kier alpha value is -3.16. The maximum absolute atomic E-state index is 4.86. The Labute approximate surface area is 152 Å². The highest BCUT2D eigenvalue weighted by Gasteiger charge is 2.09. The summed E-state index contributed by atoms with van der Waals surface area (Å²) in [5.41, 5.74) is 3.96. The van der Waals surface area contributed by atoms with Crippen molar-refractivity contribution in [3.05, 3.63) is 59.4 Å². The van der Waals surface area contributed by atoms with Gasteiger partial charge in [0.2, 0.25) is 0 Å². The summed E-state index contributed by atoms with van der Waals surface area (Å²) in [5, 5.41) is 11.7. The van der Waals surface area contributed by atoms with Crippen molar-refractivity contribution in [2.45, 2.75) is 26.9 Å². The monoisotopic (exact) mass is 353 g/mol. The summed E-state index contributed by atoms with van der Waals surface area (Å²) in [6.07, 6.45) is 3.42. The Balaban J connectivity index is 1.61. The molecule has 0 unspecified atom stereocenters. The fraction of sp³-hybridized carbons (Fsp3) is 0.333. The zero-order valence-electron chi connectivity index (χ0n) is 15.5. The molecule has 0 saturated heterocycles. The zero-order chi connectivity index (χ0) is 18.5. The van der Waals surface area contributed by atoms with E-state index in [0.717, 1.165) is 34.4 Å². The third kappa shape index (κ3) is 4.08. The maximum Gasteiger partial charge on any atom is 0.194 e. The average Bonchev–Trinajstić information content (AvgIpc) is 3.25.